The average molecular weight is 536 g/mol. The Morgan fingerprint density at radius 1 is 0.613 bits per heavy atom. The normalized spacial score (nSPS) is 40.9. The SMILES string of the molecule is O=S(=O)(O)C1CCC(O)C2NCCCC21.O=S(=O)(O)C1CCC(O)C2NCCCC21.[Zn]. The summed E-state index contributed by atoms with van der Waals surface area (Å²) in [5.41, 5.74) is 0. The second-order valence-corrected chi connectivity index (χ2v) is 12.2. The predicted octanol–water partition coefficient (Wildman–Crippen LogP) is -0.471. The van der Waals surface area contributed by atoms with Crippen LogP contribution in [0.2, 0.25) is 0 Å². The second-order valence-electron chi connectivity index (χ2n) is 8.97. The number of hydrogen-bond donors (Lipinski definition) is 6. The van der Waals surface area contributed by atoms with Crippen LogP contribution in [0.15, 0.2) is 0 Å². The maximum absolute atomic E-state index is 11.2. The van der Waals surface area contributed by atoms with E-state index in [0.717, 1.165) is 38.8 Å². The molecule has 2 aliphatic carbocycles. The van der Waals surface area contributed by atoms with Crippen LogP contribution in [0.3, 0.4) is 0 Å². The molecule has 0 aromatic rings. The smallest absolute Gasteiger partial charge is 0.268 e. The Labute approximate surface area is 197 Å². The Kier molecular flexibility index (Phi) is 9.89. The van der Waals surface area contributed by atoms with Crippen LogP contribution in [0.5, 0.6) is 0 Å². The average Bonchev–Trinajstić information content (AvgIpc) is 2.67. The summed E-state index contributed by atoms with van der Waals surface area (Å²) in [6.45, 7) is 1.63. The van der Waals surface area contributed by atoms with E-state index >= 15 is 0 Å². The van der Waals surface area contributed by atoms with Crippen LogP contribution in [0.1, 0.15) is 51.4 Å². The first-order valence-corrected chi connectivity index (χ1v) is 13.8. The molecular formula is C18H34N2O8S2Zn. The first-order chi connectivity index (χ1) is 14.0. The minimum atomic E-state index is -3.97. The molecule has 4 fully saturated rings. The molecule has 2 heterocycles. The molecule has 8 unspecified atom stereocenters. The van der Waals surface area contributed by atoms with Crippen molar-refractivity contribution in [3.8, 4) is 0 Å². The molecule has 10 nitrogen and oxygen atoms in total. The van der Waals surface area contributed by atoms with Crippen molar-refractivity contribution < 1.29 is 55.6 Å². The van der Waals surface area contributed by atoms with Crippen LogP contribution in [0.4, 0.5) is 0 Å². The molecule has 0 radical (unpaired) electrons. The Morgan fingerprint density at radius 2 is 0.968 bits per heavy atom. The molecule has 4 aliphatic rings. The van der Waals surface area contributed by atoms with Crippen LogP contribution in [0.25, 0.3) is 0 Å². The Hall–Kier alpha value is 0.283. The number of aliphatic hydroxyl groups excluding tert-OH is 2. The molecule has 0 aromatic heterocycles. The van der Waals surface area contributed by atoms with E-state index in [1.807, 2.05) is 0 Å². The first kappa shape index (κ1) is 27.5. The largest absolute Gasteiger partial charge is 0.391 e. The number of hydrogen-bond acceptors (Lipinski definition) is 8. The van der Waals surface area contributed by atoms with Gasteiger partial charge < -0.3 is 20.8 Å². The summed E-state index contributed by atoms with van der Waals surface area (Å²) in [4.78, 5) is 0. The molecule has 178 valence electrons. The van der Waals surface area contributed by atoms with E-state index in [-0.39, 0.29) is 43.4 Å². The van der Waals surface area contributed by atoms with Crippen molar-refractivity contribution in [1.29, 1.82) is 0 Å². The van der Waals surface area contributed by atoms with Crippen LogP contribution >= 0.6 is 0 Å². The summed E-state index contributed by atoms with van der Waals surface area (Å²) in [5.74, 6) is -0.282. The molecule has 6 N–H and O–H groups in total. The molecule has 0 amide bonds. The summed E-state index contributed by atoms with van der Waals surface area (Å²) in [6.07, 6.45) is 3.99. The predicted molar refractivity (Wildman–Crippen MR) is 110 cm³/mol. The molecule has 2 saturated heterocycles. The van der Waals surface area contributed by atoms with Gasteiger partial charge in [-0.05, 0) is 76.3 Å². The summed E-state index contributed by atoms with van der Waals surface area (Å²) in [7, 11) is -7.94. The van der Waals surface area contributed by atoms with Gasteiger partial charge in [-0.2, -0.15) is 16.8 Å². The topological polar surface area (TPSA) is 173 Å². The van der Waals surface area contributed by atoms with Gasteiger partial charge in [-0.1, -0.05) is 0 Å². The molecule has 4 rings (SSSR count). The third-order valence-corrected chi connectivity index (χ3v) is 9.86. The zero-order valence-electron chi connectivity index (χ0n) is 17.6. The molecule has 31 heavy (non-hydrogen) atoms. The van der Waals surface area contributed by atoms with E-state index in [1.165, 1.54) is 0 Å². The number of piperidine rings is 2. The van der Waals surface area contributed by atoms with Gasteiger partial charge >= 0.3 is 0 Å². The standard InChI is InChI=1S/2C9H17NO4S.Zn/c2*11-7-3-4-8(15(12,13)14)6-2-1-5-10-9(6)7;/h2*6-11H,1-5H2,(H,12,13,14);. The minimum absolute atomic E-state index is 0. The van der Waals surface area contributed by atoms with Gasteiger partial charge in [0, 0.05) is 31.6 Å². The van der Waals surface area contributed by atoms with Gasteiger partial charge in [0.2, 0.25) is 0 Å². The van der Waals surface area contributed by atoms with E-state index in [0.29, 0.717) is 25.7 Å². The molecule has 0 aromatic carbocycles. The van der Waals surface area contributed by atoms with Gasteiger partial charge in [0.05, 0.1) is 22.7 Å². The van der Waals surface area contributed by atoms with Gasteiger partial charge in [-0.3, -0.25) is 9.11 Å². The molecule has 13 heteroatoms. The summed E-state index contributed by atoms with van der Waals surface area (Å²) in [5, 5.41) is 24.4. The van der Waals surface area contributed by atoms with Crippen molar-refractivity contribution in [2.45, 2.75) is 86.2 Å². The fourth-order valence-electron chi connectivity index (χ4n) is 5.75. The summed E-state index contributed by atoms with van der Waals surface area (Å²) in [6, 6.07) is -0.334. The quantitative estimate of drug-likeness (QED) is 0.200. The number of nitrogens with one attached hydrogen (secondary N) is 2. The molecular weight excluding hydrogens is 502 g/mol. The Morgan fingerprint density at radius 3 is 1.29 bits per heavy atom. The maximum Gasteiger partial charge on any atom is 0.268 e. The van der Waals surface area contributed by atoms with Gasteiger partial charge in [0.15, 0.2) is 0 Å². The van der Waals surface area contributed by atoms with Gasteiger partial charge in [-0.25, -0.2) is 0 Å². The number of rotatable bonds is 2. The van der Waals surface area contributed by atoms with Crippen molar-refractivity contribution in [2.75, 3.05) is 13.1 Å². The van der Waals surface area contributed by atoms with Crippen LogP contribution in [-0.4, -0.2) is 84.0 Å². The maximum atomic E-state index is 11.2. The fraction of sp³-hybridized carbons (Fsp3) is 1.00. The minimum Gasteiger partial charge on any atom is -0.391 e. The van der Waals surface area contributed by atoms with E-state index in [4.69, 9.17) is 9.11 Å². The van der Waals surface area contributed by atoms with Crippen molar-refractivity contribution >= 4 is 20.2 Å². The van der Waals surface area contributed by atoms with E-state index < -0.39 is 42.9 Å². The van der Waals surface area contributed by atoms with E-state index in [1.54, 1.807) is 0 Å². The van der Waals surface area contributed by atoms with Crippen LogP contribution in [-0.2, 0) is 39.7 Å². The van der Waals surface area contributed by atoms with Crippen molar-refractivity contribution in [2.24, 2.45) is 11.8 Å². The fourth-order valence-corrected chi connectivity index (χ4v) is 8.11. The monoisotopic (exact) mass is 534 g/mol. The molecule has 8 atom stereocenters. The summed E-state index contributed by atoms with van der Waals surface area (Å²) < 4.78 is 63.0. The van der Waals surface area contributed by atoms with Crippen LogP contribution < -0.4 is 10.6 Å². The number of fused-ring (bicyclic) bond motifs is 2. The summed E-state index contributed by atoms with van der Waals surface area (Å²) >= 11 is 0. The Balaban J connectivity index is 0.000000213. The van der Waals surface area contributed by atoms with Crippen LogP contribution in [0, 0.1) is 11.8 Å². The number of aliphatic hydroxyl groups is 2. The van der Waals surface area contributed by atoms with Crippen molar-refractivity contribution in [3.63, 3.8) is 0 Å². The molecule has 0 bridgehead atoms. The molecule has 2 aliphatic heterocycles. The van der Waals surface area contributed by atoms with E-state index in [9.17, 15) is 27.0 Å². The molecule has 0 spiro atoms. The van der Waals surface area contributed by atoms with Gasteiger partial charge in [0.25, 0.3) is 20.2 Å². The Bertz CT molecular complexity index is 730. The molecule has 2 saturated carbocycles. The first-order valence-electron chi connectivity index (χ1n) is 10.8. The zero-order valence-corrected chi connectivity index (χ0v) is 22.2. The second kappa shape index (κ2) is 11.1. The zero-order chi connectivity index (χ0) is 22.1. The van der Waals surface area contributed by atoms with Gasteiger partial charge in [-0.15, -0.1) is 0 Å². The van der Waals surface area contributed by atoms with Crippen molar-refractivity contribution in [3.05, 3.63) is 0 Å². The van der Waals surface area contributed by atoms with Gasteiger partial charge in [0.1, 0.15) is 0 Å². The van der Waals surface area contributed by atoms with Crippen molar-refractivity contribution in [1.82, 2.24) is 10.6 Å². The third-order valence-electron chi connectivity index (χ3n) is 7.15. The van der Waals surface area contributed by atoms with E-state index in [2.05, 4.69) is 10.6 Å². The third kappa shape index (κ3) is 6.67.